The van der Waals surface area contributed by atoms with Crippen LogP contribution in [0.4, 0.5) is 0 Å². The summed E-state index contributed by atoms with van der Waals surface area (Å²) in [7, 11) is -0.595. The third-order valence-corrected chi connectivity index (χ3v) is 9.42. The SMILES string of the molecule is CC(c1ccccn1)(c1ccccn1)c1ccc2ccc(CP(c3ccccc3)c3ccccc3)nc2n1. The number of aromatic nitrogens is 4. The van der Waals surface area contributed by atoms with Crippen molar-refractivity contribution in [1.29, 1.82) is 0 Å². The number of hydrogen-bond acceptors (Lipinski definition) is 4. The summed E-state index contributed by atoms with van der Waals surface area (Å²) >= 11 is 0. The Balaban J connectivity index is 1.43. The van der Waals surface area contributed by atoms with E-state index in [1.165, 1.54) is 10.6 Å². The zero-order chi connectivity index (χ0) is 25.8. The van der Waals surface area contributed by atoms with E-state index < -0.39 is 13.3 Å². The van der Waals surface area contributed by atoms with E-state index in [9.17, 15) is 0 Å². The molecule has 4 heterocycles. The van der Waals surface area contributed by atoms with Gasteiger partial charge in [-0.25, -0.2) is 9.97 Å². The van der Waals surface area contributed by atoms with Gasteiger partial charge in [0, 0.05) is 29.6 Å². The molecule has 0 saturated heterocycles. The Morgan fingerprint density at radius 2 is 1.11 bits per heavy atom. The van der Waals surface area contributed by atoms with Gasteiger partial charge in [-0.05, 0) is 74.0 Å². The van der Waals surface area contributed by atoms with E-state index in [1.54, 1.807) is 0 Å². The van der Waals surface area contributed by atoms with Crippen molar-refractivity contribution in [2.45, 2.75) is 18.5 Å². The maximum atomic E-state index is 5.13. The van der Waals surface area contributed by atoms with Crippen LogP contribution in [-0.2, 0) is 11.6 Å². The van der Waals surface area contributed by atoms with Crippen LogP contribution in [0, 0.1) is 0 Å². The topological polar surface area (TPSA) is 51.6 Å². The van der Waals surface area contributed by atoms with Crippen LogP contribution in [0.1, 0.15) is 29.7 Å². The van der Waals surface area contributed by atoms with Crippen molar-refractivity contribution < 1.29 is 0 Å². The zero-order valence-electron chi connectivity index (χ0n) is 21.1. The van der Waals surface area contributed by atoms with Crippen LogP contribution in [0.3, 0.4) is 0 Å². The van der Waals surface area contributed by atoms with Gasteiger partial charge in [0.1, 0.15) is 0 Å². The Kier molecular flexibility index (Phi) is 6.73. The van der Waals surface area contributed by atoms with Gasteiger partial charge in [0.05, 0.1) is 22.5 Å². The Labute approximate surface area is 224 Å². The fraction of sp³-hybridized carbons (Fsp3) is 0.0909. The van der Waals surface area contributed by atoms with Crippen LogP contribution in [0.5, 0.6) is 0 Å². The van der Waals surface area contributed by atoms with E-state index >= 15 is 0 Å². The predicted octanol–water partition coefficient (Wildman–Crippen LogP) is 6.41. The van der Waals surface area contributed by atoms with Gasteiger partial charge in [0.15, 0.2) is 5.65 Å². The van der Waals surface area contributed by atoms with Gasteiger partial charge in [0.25, 0.3) is 0 Å². The van der Waals surface area contributed by atoms with Gasteiger partial charge >= 0.3 is 0 Å². The minimum absolute atomic E-state index is 0.595. The number of nitrogens with zero attached hydrogens (tertiary/aromatic N) is 4. The predicted molar refractivity (Wildman–Crippen MR) is 156 cm³/mol. The van der Waals surface area contributed by atoms with Crippen molar-refractivity contribution in [2.75, 3.05) is 0 Å². The normalized spacial score (nSPS) is 11.6. The molecule has 38 heavy (non-hydrogen) atoms. The Morgan fingerprint density at radius 1 is 0.553 bits per heavy atom. The highest BCUT2D eigenvalue weighted by atomic mass is 31.1. The van der Waals surface area contributed by atoms with Crippen molar-refractivity contribution in [1.82, 2.24) is 19.9 Å². The second kappa shape index (κ2) is 10.6. The van der Waals surface area contributed by atoms with Gasteiger partial charge < -0.3 is 0 Å². The van der Waals surface area contributed by atoms with E-state index in [1.807, 2.05) is 48.8 Å². The summed E-state index contributed by atoms with van der Waals surface area (Å²) in [5.41, 5.74) is 3.85. The average molecular weight is 511 g/mol. The molecule has 0 spiro atoms. The first kappa shape index (κ1) is 24.1. The second-order valence-electron chi connectivity index (χ2n) is 9.36. The molecule has 0 N–H and O–H groups in total. The lowest BCUT2D eigenvalue weighted by Gasteiger charge is -2.28. The summed E-state index contributed by atoms with van der Waals surface area (Å²) in [6.45, 7) is 2.14. The van der Waals surface area contributed by atoms with Crippen LogP contribution in [-0.4, -0.2) is 19.9 Å². The second-order valence-corrected chi connectivity index (χ2v) is 11.6. The summed E-state index contributed by atoms with van der Waals surface area (Å²) in [5.74, 6) is 0. The van der Waals surface area contributed by atoms with Gasteiger partial charge in [-0.3, -0.25) is 9.97 Å². The van der Waals surface area contributed by atoms with Gasteiger partial charge in [-0.1, -0.05) is 72.8 Å². The molecule has 0 bridgehead atoms. The van der Waals surface area contributed by atoms with E-state index in [4.69, 9.17) is 19.9 Å². The molecular formula is C33H27N4P. The van der Waals surface area contributed by atoms with Crippen LogP contribution in [0.25, 0.3) is 11.0 Å². The first-order valence-electron chi connectivity index (χ1n) is 12.7. The zero-order valence-corrected chi connectivity index (χ0v) is 22.0. The van der Waals surface area contributed by atoms with E-state index in [-0.39, 0.29) is 0 Å². The molecule has 6 aromatic rings. The maximum absolute atomic E-state index is 5.13. The van der Waals surface area contributed by atoms with Crippen molar-refractivity contribution in [3.8, 4) is 0 Å². The standard InChI is InChI=1S/C33H27N4P/c1-33(29-16-8-10-22-34-29,30-17-9-11-23-35-30)31-21-19-25-18-20-26(36-32(25)37-31)24-38(27-12-4-2-5-13-27)28-14-6-3-7-15-28/h2-23H,24H2,1H3. The van der Waals surface area contributed by atoms with E-state index in [2.05, 4.69) is 91.9 Å². The minimum atomic E-state index is -0.616. The monoisotopic (exact) mass is 510 g/mol. The lowest BCUT2D eigenvalue weighted by Crippen LogP contribution is -2.29. The molecule has 5 heteroatoms. The molecule has 0 aliphatic rings. The number of pyridine rings is 4. The van der Waals surface area contributed by atoms with Gasteiger partial charge in [0.2, 0.25) is 0 Å². The summed E-state index contributed by atoms with van der Waals surface area (Å²) < 4.78 is 0. The first-order chi connectivity index (χ1) is 18.7. The highest BCUT2D eigenvalue weighted by molar-refractivity contribution is 7.72. The maximum Gasteiger partial charge on any atom is 0.159 e. The highest BCUT2D eigenvalue weighted by Crippen LogP contribution is 2.38. The molecule has 184 valence electrons. The third-order valence-electron chi connectivity index (χ3n) is 6.93. The summed E-state index contributed by atoms with van der Waals surface area (Å²) in [6.07, 6.45) is 4.50. The van der Waals surface area contributed by atoms with Crippen LogP contribution in [0.2, 0.25) is 0 Å². The molecule has 0 amide bonds. The summed E-state index contributed by atoms with van der Waals surface area (Å²) in [4.78, 5) is 19.6. The Bertz CT molecular complexity index is 1560. The van der Waals surface area contributed by atoms with Gasteiger partial charge in [-0.15, -0.1) is 0 Å². The van der Waals surface area contributed by atoms with Gasteiger partial charge in [-0.2, -0.15) is 0 Å². The molecule has 2 aromatic carbocycles. The largest absolute Gasteiger partial charge is 0.260 e. The number of benzene rings is 2. The molecule has 0 fully saturated rings. The Morgan fingerprint density at radius 3 is 1.66 bits per heavy atom. The van der Waals surface area contributed by atoms with Crippen LogP contribution < -0.4 is 10.6 Å². The highest BCUT2D eigenvalue weighted by Gasteiger charge is 2.35. The molecular weight excluding hydrogens is 483 g/mol. The molecule has 0 radical (unpaired) electrons. The average Bonchev–Trinajstić information content (AvgIpc) is 3.01. The van der Waals surface area contributed by atoms with Crippen molar-refractivity contribution >= 4 is 29.6 Å². The third kappa shape index (κ3) is 4.71. The molecule has 4 nitrogen and oxygen atoms in total. The fourth-order valence-corrected chi connectivity index (χ4v) is 7.05. The van der Waals surface area contributed by atoms with Crippen molar-refractivity contribution in [3.05, 3.63) is 156 Å². The number of fused-ring (bicyclic) bond motifs is 1. The molecule has 0 unspecified atom stereocenters. The molecule has 0 atom stereocenters. The van der Waals surface area contributed by atoms with Crippen molar-refractivity contribution in [3.63, 3.8) is 0 Å². The summed E-state index contributed by atoms with van der Waals surface area (Å²) in [5, 5.41) is 3.70. The lowest BCUT2D eigenvalue weighted by molar-refractivity contribution is 0.621. The minimum Gasteiger partial charge on any atom is -0.260 e. The van der Waals surface area contributed by atoms with E-state index in [0.29, 0.717) is 0 Å². The van der Waals surface area contributed by atoms with E-state index in [0.717, 1.165) is 40.0 Å². The van der Waals surface area contributed by atoms with Crippen molar-refractivity contribution in [2.24, 2.45) is 0 Å². The van der Waals surface area contributed by atoms with Crippen LogP contribution in [0.15, 0.2) is 134 Å². The lowest BCUT2D eigenvalue weighted by atomic mass is 9.78. The number of rotatable bonds is 7. The molecule has 0 aliphatic carbocycles. The smallest absolute Gasteiger partial charge is 0.159 e. The quantitative estimate of drug-likeness (QED) is 0.233. The number of hydrogen-bond donors (Lipinski definition) is 0. The molecule has 0 aliphatic heterocycles. The summed E-state index contributed by atoms with van der Waals surface area (Å²) in [6, 6.07) is 41.9. The first-order valence-corrected chi connectivity index (χ1v) is 14.2. The fourth-order valence-electron chi connectivity index (χ4n) is 4.82. The van der Waals surface area contributed by atoms with Crippen LogP contribution >= 0.6 is 7.92 Å². The molecule has 4 aromatic heterocycles. The molecule has 6 rings (SSSR count). The molecule has 0 saturated carbocycles. The Hall–Kier alpha value is -4.27.